The number of rotatable bonds is 10. The average molecular weight is 260 g/mol. The first-order chi connectivity index (χ1) is 8.69. The van der Waals surface area contributed by atoms with E-state index in [1.54, 1.807) is 7.11 Å². The maximum Gasteiger partial charge on any atom is 0.136 e. The Balaban J connectivity index is 4.04. The van der Waals surface area contributed by atoms with Crippen LogP contribution in [0.2, 0.25) is 0 Å². The van der Waals surface area contributed by atoms with E-state index in [1.165, 1.54) is 13.1 Å². The summed E-state index contributed by atoms with van der Waals surface area (Å²) in [5, 5.41) is 11.8. The van der Waals surface area contributed by atoms with Crippen molar-refractivity contribution in [3.63, 3.8) is 0 Å². The Bertz CT molecular complexity index is 248. The molecule has 0 spiro atoms. The molecule has 0 radical (unpaired) electrons. The highest BCUT2D eigenvalue weighted by molar-refractivity contribution is 5.91. The zero-order chi connectivity index (χ0) is 13.8. The second-order valence-electron chi connectivity index (χ2n) is 3.52. The van der Waals surface area contributed by atoms with Gasteiger partial charge in [-0.2, -0.15) is 0 Å². The highest BCUT2D eigenvalue weighted by Crippen LogP contribution is 2.06. The summed E-state index contributed by atoms with van der Waals surface area (Å²) in [5.74, 6) is 0.185. The van der Waals surface area contributed by atoms with Gasteiger partial charge in [0.05, 0.1) is 19.9 Å². The van der Waals surface area contributed by atoms with Crippen molar-refractivity contribution in [1.82, 2.24) is 5.23 Å². The standard InChI is InChI=1S/C11H22N3O4/c1-4-11(13-2)14(15)18-8-10(7-16-3)5-6-17-9-12/h4,10H,1,5-9,12H2,2-3H3/q-1. The monoisotopic (exact) mass is 260 g/mol. The lowest BCUT2D eigenvalue weighted by molar-refractivity contribution is -0.0888. The van der Waals surface area contributed by atoms with Crippen LogP contribution in [0.1, 0.15) is 6.42 Å². The largest absolute Gasteiger partial charge is 0.732 e. The molecule has 0 amide bonds. The van der Waals surface area contributed by atoms with Gasteiger partial charge in [0.2, 0.25) is 0 Å². The summed E-state index contributed by atoms with van der Waals surface area (Å²) in [6.07, 6.45) is 2.03. The molecule has 106 valence electrons. The Hall–Kier alpha value is -0.990. The highest BCUT2D eigenvalue weighted by Gasteiger charge is 2.10. The highest BCUT2D eigenvalue weighted by atomic mass is 16.9. The number of nitrogens with zero attached hydrogens (tertiary/aromatic N) is 2. The molecule has 1 atom stereocenters. The van der Waals surface area contributed by atoms with Crippen molar-refractivity contribution >= 4 is 5.84 Å². The minimum absolute atomic E-state index is 0.0564. The molecule has 7 nitrogen and oxygen atoms in total. The number of ether oxygens (including phenoxy) is 2. The summed E-state index contributed by atoms with van der Waals surface area (Å²) in [5.41, 5.74) is 5.22. The molecule has 0 aromatic heterocycles. The van der Waals surface area contributed by atoms with E-state index in [0.717, 1.165) is 0 Å². The number of hydrogen-bond donors (Lipinski definition) is 1. The third-order valence-corrected chi connectivity index (χ3v) is 2.22. The number of hydrogen-bond acceptors (Lipinski definition) is 6. The molecule has 2 N–H and O–H groups in total. The van der Waals surface area contributed by atoms with Gasteiger partial charge < -0.3 is 25.6 Å². The Kier molecular flexibility index (Phi) is 10.5. The van der Waals surface area contributed by atoms with Crippen molar-refractivity contribution in [1.29, 1.82) is 0 Å². The van der Waals surface area contributed by atoms with E-state index in [0.29, 0.717) is 24.9 Å². The quantitative estimate of drug-likeness (QED) is 0.202. The second-order valence-corrected chi connectivity index (χ2v) is 3.52. The number of amidine groups is 1. The first-order valence-electron chi connectivity index (χ1n) is 5.65. The fraction of sp³-hybridized carbons (Fsp3) is 0.727. The Morgan fingerprint density at radius 3 is 2.78 bits per heavy atom. The van der Waals surface area contributed by atoms with Gasteiger partial charge in [-0.05, 0) is 12.5 Å². The van der Waals surface area contributed by atoms with Gasteiger partial charge >= 0.3 is 0 Å². The molecular weight excluding hydrogens is 238 g/mol. The van der Waals surface area contributed by atoms with Crippen LogP contribution in [0.3, 0.4) is 0 Å². The van der Waals surface area contributed by atoms with Gasteiger partial charge in [-0.25, -0.2) is 0 Å². The molecule has 0 saturated carbocycles. The van der Waals surface area contributed by atoms with E-state index in [4.69, 9.17) is 20.0 Å². The van der Waals surface area contributed by atoms with Gasteiger partial charge in [-0.1, -0.05) is 6.58 Å². The van der Waals surface area contributed by atoms with Crippen LogP contribution in [0.15, 0.2) is 17.6 Å². The lowest BCUT2D eigenvalue weighted by Gasteiger charge is -2.30. The summed E-state index contributed by atoms with van der Waals surface area (Å²) in [4.78, 5) is 8.76. The van der Waals surface area contributed by atoms with Crippen molar-refractivity contribution in [2.24, 2.45) is 16.6 Å². The summed E-state index contributed by atoms with van der Waals surface area (Å²) >= 11 is 0. The SMILES string of the molecule is C=CC(=NC)N([O-])OCC(CCOCN)COC. The lowest BCUT2D eigenvalue weighted by Crippen LogP contribution is -2.28. The third kappa shape index (κ3) is 7.36. The van der Waals surface area contributed by atoms with Gasteiger partial charge in [-0.3, -0.25) is 9.83 Å². The van der Waals surface area contributed by atoms with Crippen molar-refractivity contribution < 1.29 is 14.3 Å². The molecule has 0 bridgehead atoms. The van der Waals surface area contributed by atoms with Gasteiger partial charge in [0, 0.05) is 26.7 Å². The van der Waals surface area contributed by atoms with Crippen LogP contribution in [-0.4, -0.2) is 51.8 Å². The lowest BCUT2D eigenvalue weighted by atomic mass is 10.1. The summed E-state index contributed by atoms with van der Waals surface area (Å²) < 4.78 is 10.1. The number of methoxy groups -OCH3 is 1. The molecule has 0 rings (SSSR count). The van der Waals surface area contributed by atoms with E-state index in [2.05, 4.69) is 11.6 Å². The molecule has 0 saturated heterocycles. The number of nitrogens with two attached hydrogens (primary N) is 1. The normalized spacial score (nSPS) is 13.4. The van der Waals surface area contributed by atoms with Crippen LogP contribution >= 0.6 is 0 Å². The minimum Gasteiger partial charge on any atom is -0.732 e. The fourth-order valence-electron chi connectivity index (χ4n) is 1.27. The van der Waals surface area contributed by atoms with E-state index < -0.39 is 0 Å². The Labute approximate surface area is 108 Å². The number of aliphatic imine (C=N–C) groups is 1. The van der Waals surface area contributed by atoms with E-state index in [9.17, 15) is 5.21 Å². The van der Waals surface area contributed by atoms with Gasteiger partial charge in [0.1, 0.15) is 5.84 Å². The van der Waals surface area contributed by atoms with Crippen molar-refractivity contribution in [2.75, 3.05) is 40.7 Å². The fourth-order valence-corrected chi connectivity index (χ4v) is 1.27. The first-order valence-corrected chi connectivity index (χ1v) is 5.65. The van der Waals surface area contributed by atoms with Crippen molar-refractivity contribution in [3.05, 3.63) is 17.9 Å². The molecule has 0 fully saturated rings. The van der Waals surface area contributed by atoms with Crippen LogP contribution in [0.4, 0.5) is 0 Å². The maximum absolute atomic E-state index is 11.4. The predicted octanol–water partition coefficient (Wildman–Crippen LogP) is 0.518. The number of hydroxylamine groups is 2. The van der Waals surface area contributed by atoms with Crippen LogP contribution < -0.4 is 5.73 Å². The maximum atomic E-state index is 11.4. The van der Waals surface area contributed by atoms with Crippen molar-refractivity contribution in [3.8, 4) is 0 Å². The zero-order valence-electron chi connectivity index (χ0n) is 11.0. The van der Waals surface area contributed by atoms with Gasteiger partial charge in [0.25, 0.3) is 0 Å². The van der Waals surface area contributed by atoms with Crippen LogP contribution in [0, 0.1) is 11.1 Å². The topological polar surface area (TPSA) is 92.4 Å². The summed E-state index contributed by atoms with van der Waals surface area (Å²) in [6.45, 7) is 4.85. The summed E-state index contributed by atoms with van der Waals surface area (Å²) in [6, 6.07) is 0. The molecule has 7 heteroatoms. The third-order valence-electron chi connectivity index (χ3n) is 2.22. The molecule has 0 aliphatic heterocycles. The van der Waals surface area contributed by atoms with Gasteiger partial charge in [-0.15, -0.1) is 0 Å². The van der Waals surface area contributed by atoms with E-state index in [1.807, 2.05) is 0 Å². The molecular formula is C11H22N3O4-. The second kappa shape index (κ2) is 11.1. The Morgan fingerprint density at radius 1 is 1.56 bits per heavy atom. The van der Waals surface area contributed by atoms with E-state index >= 15 is 0 Å². The van der Waals surface area contributed by atoms with Crippen LogP contribution in [-0.2, 0) is 14.3 Å². The van der Waals surface area contributed by atoms with Crippen LogP contribution in [0.5, 0.6) is 0 Å². The molecule has 0 aliphatic carbocycles. The minimum atomic E-state index is 0.0564. The van der Waals surface area contributed by atoms with Gasteiger partial charge in [0.15, 0.2) is 0 Å². The molecule has 0 heterocycles. The molecule has 0 aliphatic rings. The smallest absolute Gasteiger partial charge is 0.136 e. The molecule has 1 unspecified atom stereocenters. The zero-order valence-corrected chi connectivity index (χ0v) is 11.0. The first kappa shape index (κ1) is 17.0. The van der Waals surface area contributed by atoms with Crippen molar-refractivity contribution in [2.45, 2.75) is 6.42 Å². The van der Waals surface area contributed by atoms with E-state index in [-0.39, 0.29) is 25.1 Å². The molecule has 18 heavy (non-hydrogen) atoms. The molecule has 0 aromatic rings. The summed E-state index contributed by atoms with van der Waals surface area (Å²) in [7, 11) is 3.08. The molecule has 0 aromatic carbocycles. The van der Waals surface area contributed by atoms with Crippen LogP contribution in [0.25, 0.3) is 0 Å². The predicted molar refractivity (Wildman–Crippen MR) is 69.7 cm³/mol. The Morgan fingerprint density at radius 2 is 2.28 bits per heavy atom. The average Bonchev–Trinajstić information content (AvgIpc) is 2.37.